The molecule has 0 spiro atoms. The Bertz CT molecular complexity index is 1280. The highest BCUT2D eigenvalue weighted by Gasteiger charge is 2.30. The summed E-state index contributed by atoms with van der Waals surface area (Å²) in [4.78, 5) is 16.5. The zero-order valence-corrected chi connectivity index (χ0v) is 18.8. The Morgan fingerprint density at radius 3 is 2.41 bits per heavy atom. The minimum atomic E-state index is -4.40. The molecular formula is C25H20F3NO4S. The summed E-state index contributed by atoms with van der Waals surface area (Å²) in [6.07, 6.45) is -4.93. The first-order valence-electron chi connectivity index (χ1n) is 10.4. The van der Waals surface area contributed by atoms with Crippen molar-refractivity contribution in [3.8, 4) is 17.2 Å². The number of fused-ring (bicyclic) bond motifs is 1. The lowest BCUT2D eigenvalue weighted by Gasteiger charge is -2.13. The van der Waals surface area contributed by atoms with E-state index < -0.39 is 23.8 Å². The lowest BCUT2D eigenvalue weighted by Crippen LogP contribution is -2.25. The monoisotopic (exact) mass is 487 g/mol. The number of benzene rings is 3. The van der Waals surface area contributed by atoms with Gasteiger partial charge in [0.15, 0.2) is 11.7 Å². The topological polar surface area (TPSA) is 72.6 Å². The molecule has 5 nitrogen and oxygen atoms in total. The SMILES string of the molecule is CCC(Oc1ccc(SCc2cccc3nc(-c4ccc(C(F)(F)F)cc4)oc23)cc1)C(=O)O. The van der Waals surface area contributed by atoms with Crippen LogP contribution in [0.1, 0.15) is 24.5 Å². The molecule has 0 fully saturated rings. The smallest absolute Gasteiger partial charge is 0.416 e. The van der Waals surface area contributed by atoms with Crippen LogP contribution >= 0.6 is 11.8 Å². The Morgan fingerprint density at radius 2 is 1.79 bits per heavy atom. The molecule has 1 heterocycles. The van der Waals surface area contributed by atoms with Gasteiger partial charge in [-0.2, -0.15) is 13.2 Å². The number of carboxylic acids is 1. The molecule has 1 unspecified atom stereocenters. The minimum Gasteiger partial charge on any atom is -0.479 e. The molecule has 0 saturated carbocycles. The fourth-order valence-electron chi connectivity index (χ4n) is 3.29. The first-order chi connectivity index (χ1) is 16.2. The van der Waals surface area contributed by atoms with Crippen LogP contribution in [-0.4, -0.2) is 22.2 Å². The molecule has 3 aromatic carbocycles. The molecule has 0 aliphatic rings. The van der Waals surface area contributed by atoms with Gasteiger partial charge in [-0.05, 0) is 61.0 Å². The van der Waals surface area contributed by atoms with Crippen LogP contribution in [0.25, 0.3) is 22.6 Å². The number of nitrogens with zero attached hydrogens (tertiary/aromatic N) is 1. The van der Waals surface area contributed by atoms with Crippen molar-refractivity contribution in [2.75, 3.05) is 0 Å². The standard InChI is InChI=1S/C25H20F3NO4S/c1-2-21(24(30)31)32-18-10-12-19(13-11-18)34-14-16-4-3-5-20-22(16)33-23(29-20)15-6-8-17(9-7-15)25(26,27)28/h3-13,21H,2,14H2,1H3,(H,30,31). The summed E-state index contributed by atoms with van der Waals surface area (Å²) < 4.78 is 49.9. The predicted octanol–water partition coefficient (Wildman–Crippen LogP) is 7.05. The molecule has 4 aromatic rings. The fraction of sp³-hybridized carbons (Fsp3) is 0.200. The van der Waals surface area contributed by atoms with Gasteiger partial charge >= 0.3 is 12.1 Å². The number of oxazole rings is 1. The number of rotatable bonds is 8. The first-order valence-corrected chi connectivity index (χ1v) is 11.4. The predicted molar refractivity (Wildman–Crippen MR) is 123 cm³/mol. The lowest BCUT2D eigenvalue weighted by atomic mass is 10.1. The Kier molecular flexibility index (Phi) is 6.83. The van der Waals surface area contributed by atoms with E-state index in [4.69, 9.17) is 14.3 Å². The van der Waals surface area contributed by atoms with E-state index in [9.17, 15) is 18.0 Å². The first kappa shape index (κ1) is 23.7. The number of halogens is 3. The van der Waals surface area contributed by atoms with E-state index in [2.05, 4.69) is 4.98 Å². The van der Waals surface area contributed by atoms with Gasteiger partial charge < -0.3 is 14.3 Å². The average Bonchev–Trinajstić information content (AvgIpc) is 3.26. The number of thioether (sulfide) groups is 1. The quantitative estimate of drug-likeness (QED) is 0.269. The van der Waals surface area contributed by atoms with Crippen molar-refractivity contribution in [3.05, 3.63) is 77.9 Å². The molecule has 1 aromatic heterocycles. The van der Waals surface area contributed by atoms with Crippen LogP contribution in [0.15, 0.2) is 76.0 Å². The van der Waals surface area contributed by atoms with Gasteiger partial charge in [-0.1, -0.05) is 19.1 Å². The van der Waals surface area contributed by atoms with Gasteiger partial charge in [0.1, 0.15) is 11.3 Å². The highest BCUT2D eigenvalue weighted by atomic mass is 32.2. The van der Waals surface area contributed by atoms with Crippen LogP contribution in [0.3, 0.4) is 0 Å². The third-order valence-electron chi connectivity index (χ3n) is 5.10. The molecule has 34 heavy (non-hydrogen) atoms. The fourth-order valence-corrected chi connectivity index (χ4v) is 4.17. The number of aliphatic carboxylic acids is 1. The van der Waals surface area contributed by atoms with E-state index in [0.717, 1.165) is 22.6 Å². The molecular weight excluding hydrogens is 467 g/mol. The van der Waals surface area contributed by atoms with Gasteiger partial charge in [0.25, 0.3) is 0 Å². The van der Waals surface area contributed by atoms with Crippen molar-refractivity contribution in [3.63, 3.8) is 0 Å². The molecule has 0 bridgehead atoms. The van der Waals surface area contributed by atoms with Crippen LogP contribution in [0.2, 0.25) is 0 Å². The maximum Gasteiger partial charge on any atom is 0.416 e. The van der Waals surface area contributed by atoms with Gasteiger partial charge in [-0.3, -0.25) is 0 Å². The number of carbonyl (C=O) groups is 1. The van der Waals surface area contributed by atoms with Gasteiger partial charge in [0, 0.05) is 21.8 Å². The maximum atomic E-state index is 12.8. The Balaban J connectivity index is 1.48. The Hall–Kier alpha value is -3.46. The van der Waals surface area contributed by atoms with Crippen molar-refractivity contribution in [2.45, 2.75) is 36.3 Å². The third-order valence-corrected chi connectivity index (χ3v) is 6.16. The summed E-state index contributed by atoms with van der Waals surface area (Å²) in [5.74, 6) is 0.312. The number of para-hydroxylation sites is 1. The van der Waals surface area contributed by atoms with Crippen LogP contribution < -0.4 is 4.74 Å². The molecule has 0 aliphatic carbocycles. The van der Waals surface area contributed by atoms with E-state index in [1.54, 1.807) is 36.9 Å². The molecule has 176 valence electrons. The average molecular weight is 487 g/mol. The zero-order valence-electron chi connectivity index (χ0n) is 18.0. The van der Waals surface area contributed by atoms with Gasteiger partial charge in [0.05, 0.1) is 5.56 Å². The Morgan fingerprint density at radius 1 is 1.09 bits per heavy atom. The molecule has 0 radical (unpaired) electrons. The van der Waals surface area contributed by atoms with E-state index in [1.165, 1.54) is 12.1 Å². The largest absolute Gasteiger partial charge is 0.479 e. The molecule has 0 saturated heterocycles. The summed E-state index contributed by atoms with van der Waals surface area (Å²) in [5, 5.41) is 9.12. The molecule has 0 aliphatic heterocycles. The second-order valence-corrected chi connectivity index (χ2v) is 8.52. The highest BCUT2D eigenvalue weighted by Crippen LogP contribution is 2.33. The van der Waals surface area contributed by atoms with Crippen molar-refractivity contribution in [1.82, 2.24) is 4.98 Å². The molecule has 4 rings (SSSR count). The zero-order chi connectivity index (χ0) is 24.3. The highest BCUT2D eigenvalue weighted by molar-refractivity contribution is 7.98. The van der Waals surface area contributed by atoms with E-state index in [-0.39, 0.29) is 5.89 Å². The van der Waals surface area contributed by atoms with Crippen LogP contribution in [0.4, 0.5) is 13.2 Å². The van der Waals surface area contributed by atoms with E-state index in [1.807, 2.05) is 24.3 Å². The van der Waals surface area contributed by atoms with Crippen molar-refractivity contribution in [2.24, 2.45) is 0 Å². The number of hydrogen-bond donors (Lipinski definition) is 1. The van der Waals surface area contributed by atoms with Gasteiger partial charge in [0.2, 0.25) is 5.89 Å². The Labute approximate surface area is 197 Å². The molecule has 1 atom stereocenters. The third kappa shape index (κ3) is 5.36. The summed E-state index contributed by atoms with van der Waals surface area (Å²) in [5.41, 5.74) is 1.83. The van der Waals surface area contributed by atoms with Crippen LogP contribution in [0.5, 0.6) is 5.75 Å². The molecule has 9 heteroatoms. The number of alkyl halides is 3. The molecule has 0 amide bonds. The van der Waals surface area contributed by atoms with Crippen LogP contribution in [0, 0.1) is 0 Å². The normalized spacial score (nSPS) is 12.6. The summed E-state index contributed by atoms with van der Waals surface area (Å²) >= 11 is 1.55. The number of carboxylic acid groups (broad SMARTS) is 1. The number of aromatic nitrogens is 1. The van der Waals surface area contributed by atoms with E-state index in [0.29, 0.717) is 34.6 Å². The van der Waals surface area contributed by atoms with E-state index >= 15 is 0 Å². The minimum absolute atomic E-state index is 0.256. The van der Waals surface area contributed by atoms with Crippen LogP contribution in [-0.2, 0) is 16.7 Å². The number of hydrogen-bond acceptors (Lipinski definition) is 5. The summed E-state index contributed by atoms with van der Waals surface area (Å²) in [6, 6.07) is 17.4. The summed E-state index contributed by atoms with van der Waals surface area (Å²) in [6.45, 7) is 1.75. The van der Waals surface area contributed by atoms with Gasteiger partial charge in [-0.15, -0.1) is 11.8 Å². The molecule has 1 N–H and O–H groups in total. The lowest BCUT2D eigenvalue weighted by molar-refractivity contribution is -0.145. The summed E-state index contributed by atoms with van der Waals surface area (Å²) in [7, 11) is 0. The second kappa shape index (κ2) is 9.80. The van der Waals surface area contributed by atoms with Gasteiger partial charge in [-0.25, -0.2) is 9.78 Å². The van der Waals surface area contributed by atoms with Crippen molar-refractivity contribution >= 4 is 28.8 Å². The van der Waals surface area contributed by atoms with Crippen molar-refractivity contribution < 1.29 is 32.2 Å². The second-order valence-electron chi connectivity index (χ2n) is 7.47. The number of ether oxygens (including phenoxy) is 1. The maximum absolute atomic E-state index is 12.8. The van der Waals surface area contributed by atoms with Crippen molar-refractivity contribution in [1.29, 1.82) is 0 Å².